The number of carbonyl (C=O) groups excluding carboxylic acids is 12. The number of carbonyl (C=O) groups is 12. The molecule has 7 N–H and O–H groups in total. The molecular formula is C60H108N12O13. The lowest BCUT2D eigenvalue weighted by atomic mass is 9.95. The van der Waals surface area contributed by atoms with Crippen LogP contribution >= 0.6 is 0 Å². The highest BCUT2D eigenvalue weighted by Gasteiger charge is 2.43. The van der Waals surface area contributed by atoms with E-state index in [4.69, 9.17) is 5.73 Å². The molecular weight excluding hydrogens is 1100 g/mol. The zero-order chi connectivity index (χ0) is 65.7. The summed E-state index contributed by atoms with van der Waals surface area (Å²) in [6.07, 6.45) is 0.551. The molecule has 1 heterocycles. The van der Waals surface area contributed by atoms with Crippen molar-refractivity contribution >= 4 is 70.9 Å². The number of rotatable bonds is 18. The molecule has 0 aromatic heterocycles. The van der Waals surface area contributed by atoms with Crippen LogP contribution in [0.4, 0.5) is 0 Å². The summed E-state index contributed by atoms with van der Waals surface area (Å²) < 4.78 is 0. The van der Waals surface area contributed by atoms with Crippen LogP contribution in [0.3, 0.4) is 0 Å². The van der Waals surface area contributed by atoms with Crippen LogP contribution < -0.4 is 27.0 Å². The Morgan fingerprint density at radius 1 is 0.494 bits per heavy atom. The zero-order valence-electron chi connectivity index (χ0n) is 54.9. The van der Waals surface area contributed by atoms with Crippen LogP contribution in [0.5, 0.6) is 0 Å². The number of aliphatic hydroxyl groups excluding tert-OH is 1. The summed E-state index contributed by atoms with van der Waals surface area (Å²) in [5, 5.41) is 20.9. The number of likely N-dealkylation sites (N-methyl/N-ethyl adjacent to an activating group) is 6. The summed E-state index contributed by atoms with van der Waals surface area (Å²) in [6.45, 7) is 23.0. The molecule has 1 rings (SSSR count). The maximum atomic E-state index is 15.1. The first-order valence-electron chi connectivity index (χ1n) is 30.3. The summed E-state index contributed by atoms with van der Waals surface area (Å²) in [7, 11) is 8.53. The molecule has 1 saturated heterocycles. The van der Waals surface area contributed by atoms with Gasteiger partial charge in [-0.05, 0) is 87.4 Å². The predicted molar refractivity (Wildman–Crippen MR) is 323 cm³/mol. The van der Waals surface area contributed by atoms with Gasteiger partial charge in [0.1, 0.15) is 54.4 Å². The third-order valence-corrected chi connectivity index (χ3v) is 15.3. The molecule has 0 aromatic rings. The highest BCUT2D eigenvalue weighted by Crippen LogP contribution is 2.24. The normalized spacial score (nSPS) is 25.1. The van der Waals surface area contributed by atoms with Crippen molar-refractivity contribution < 1.29 is 62.6 Å². The number of amides is 12. The fourth-order valence-electron chi connectivity index (χ4n) is 10.4. The molecule has 25 heteroatoms. The molecule has 0 aliphatic carbocycles. The molecule has 0 aromatic carbocycles. The number of nitrogens with one attached hydrogen (secondary N) is 4. The van der Waals surface area contributed by atoms with Gasteiger partial charge in [0.15, 0.2) is 0 Å². The van der Waals surface area contributed by atoms with Gasteiger partial charge in [0.05, 0.1) is 19.7 Å². The Balaban J connectivity index is 4.31. The Hall–Kier alpha value is -6.40. The third kappa shape index (κ3) is 23.8. The highest BCUT2D eigenvalue weighted by atomic mass is 16.3. The summed E-state index contributed by atoms with van der Waals surface area (Å²) >= 11 is 0. The summed E-state index contributed by atoms with van der Waals surface area (Å²) in [5.41, 5.74) is 5.52. The molecule has 0 unspecified atom stereocenters. The molecule has 1 aliphatic rings. The maximum absolute atomic E-state index is 15.1. The number of nitrogens with two attached hydrogens (primary N) is 1. The molecule has 0 spiro atoms. The van der Waals surface area contributed by atoms with Gasteiger partial charge in [0.2, 0.25) is 70.9 Å². The van der Waals surface area contributed by atoms with Crippen molar-refractivity contribution in [3.8, 4) is 0 Å². The summed E-state index contributed by atoms with van der Waals surface area (Å²) in [4.78, 5) is 180. The predicted octanol–water partition coefficient (Wildman–Crippen LogP) is 1.33. The number of aliphatic hydroxyl groups is 1. The van der Waals surface area contributed by atoms with Crippen LogP contribution in [0.25, 0.3) is 0 Å². The van der Waals surface area contributed by atoms with Gasteiger partial charge in [0.25, 0.3) is 0 Å². The number of primary amides is 1. The SMILES string of the molecule is CCC[C@@H]1NC(=O)[C@H](CC(C)C)N(C)C(=O)[C@H](CC(C)C)N(C)C(=O)[C@H](CC(C)C)N(C)C(=O)[C@H](CC(C)C)N(C)C(=O)[C@@H](C)NC(=O)[C@@H](CCC(N)=O)NC(=O)[C@H](CC(C)C)N(C)C(=O)[C@H](C(C)C)NC(=O)CN(CCO)C(=O)CN(C)C1=O. The van der Waals surface area contributed by atoms with E-state index in [0.29, 0.717) is 6.42 Å². The second-order valence-corrected chi connectivity index (χ2v) is 25.6. The minimum absolute atomic E-state index is 0.0658. The van der Waals surface area contributed by atoms with Gasteiger partial charge < -0.3 is 66.4 Å². The van der Waals surface area contributed by atoms with Gasteiger partial charge in [-0.15, -0.1) is 0 Å². The lowest BCUT2D eigenvalue weighted by Gasteiger charge is -2.40. The number of nitrogens with zero attached hydrogens (tertiary/aromatic N) is 7. The molecule has 0 saturated carbocycles. The van der Waals surface area contributed by atoms with Crippen molar-refractivity contribution in [1.82, 2.24) is 55.6 Å². The minimum Gasteiger partial charge on any atom is -0.395 e. The van der Waals surface area contributed by atoms with Gasteiger partial charge in [-0.25, -0.2) is 0 Å². The topological polar surface area (TPSA) is 322 Å². The lowest BCUT2D eigenvalue weighted by Crippen LogP contribution is -2.61. The van der Waals surface area contributed by atoms with E-state index in [0.717, 1.165) is 14.7 Å². The standard InChI is InChI=1S/C60H108N12O13/c1-21-22-42-56(81)66(15)33-50(76)72(25-26-73)32-49(75)65-51(39(12)13)60(85)68(17)44(28-35(4)5)53(78)63-41(23-24-48(61)74)52(77)62-40(14)55(80)69(18)45(29-36(6)7)58(83)71(20)47(31-38(10)11)59(84)70(19)46(30-37(8)9)57(82)67(16)43(27-34(2)3)54(79)64-42/h34-47,51,73H,21-33H2,1-20H3,(H2,61,74)(H,62,77)(H,63,78)(H,64,79)(H,65,75)/t40-,41-,42+,43+,44+,45+,46+,47+,51+/m1/s1. The Labute approximate surface area is 506 Å². The van der Waals surface area contributed by atoms with Crippen LogP contribution in [0, 0.1) is 35.5 Å². The molecule has 1 fully saturated rings. The van der Waals surface area contributed by atoms with Crippen molar-refractivity contribution in [2.75, 3.05) is 68.5 Å². The van der Waals surface area contributed by atoms with Crippen molar-refractivity contribution in [3.63, 3.8) is 0 Å². The molecule has 0 bridgehead atoms. The monoisotopic (exact) mass is 1200 g/mol. The Bertz CT molecular complexity index is 2290. The summed E-state index contributed by atoms with van der Waals surface area (Å²) in [5.74, 6) is -9.89. The second-order valence-electron chi connectivity index (χ2n) is 25.6. The van der Waals surface area contributed by atoms with E-state index in [2.05, 4.69) is 21.3 Å². The summed E-state index contributed by atoms with van der Waals surface area (Å²) in [6, 6.07) is -11.1. The molecule has 85 heavy (non-hydrogen) atoms. The number of hydrogen-bond acceptors (Lipinski definition) is 13. The minimum atomic E-state index is -1.47. The van der Waals surface area contributed by atoms with Crippen molar-refractivity contribution in [1.29, 1.82) is 0 Å². The van der Waals surface area contributed by atoms with E-state index in [1.165, 1.54) is 68.8 Å². The molecule has 12 amide bonds. The smallest absolute Gasteiger partial charge is 0.245 e. The molecule has 9 atom stereocenters. The quantitative estimate of drug-likeness (QED) is 0.113. The van der Waals surface area contributed by atoms with E-state index in [1.54, 1.807) is 34.6 Å². The average Bonchev–Trinajstić information content (AvgIpc) is 2.96. The van der Waals surface area contributed by atoms with Crippen LogP contribution in [0.2, 0.25) is 0 Å². The van der Waals surface area contributed by atoms with Crippen LogP contribution in [0.1, 0.15) is 155 Å². The first kappa shape index (κ1) is 76.6. The largest absolute Gasteiger partial charge is 0.395 e. The van der Waals surface area contributed by atoms with Gasteiger partial charge in [-0.1, -0.05) is 96.4 Å². The van der Waals surface area contributed by atoms with Gasteiger partial charge >= 0.3 is 0 Å². The van der Waals surface area contributed by atoms with Crippen molar-refractivity contribution in [3.05, 3.63) is 0 Å². The average molecular weight is 1210 g/mol. The Morgan fingerprint density at radius 2 is 0.871 bits per heavy atom. The number of β-amino-alcohol motifs (C(OH)–C–C–N with tert-alkyl or cyclic N) is 1. The van der Waals surface area contributed by atoms with E-state index in [-0.39, 0.29) is 87.5 Å². The van der Waals surface area contributed by atoms with Crippen LogP contribution in [-0.2, 0) is 57.5 Å². The van der Waals surface area contributed by atoms with E-state index in [9.17, 15) is 48.3 Å². The highest BCUT2D eigenvalue weighted by molar-refractivity contribution is 5.99. The van der Waals surface area contributed by atoms with Crippen LogP contribution in [0.15, 0.2) is 0 Å². The molecule has 0 radical (unpaired) electrons. The fourth-order valence-corrected chi connectivity index (χ4v) is 10.4. The zero-order valence-corrected chi connectivity index (χ0v) is 54.9. The Kier molecular flexibility index (Phi) is 32.4. The third-order valence-electron chi connectivity index (χ3n) is 15.3. The van der Waals surface area contributed by atoms with Gasteiger partial charge in [-0.2, -0.15) is 0 Å². The fraction of sp³-hybridized carbons (Fsp3) is 0.800. The lowest BCUT2D eigenvalue weighted by molar-refractivity contribution is -0.155. The van der Waals surface area contributed by atoms with Gasteiger partial charge in [0, 0.05) is 55.3 Å². The maximum Gasteiger partial charge on any atom is 0.245 e. The molecule has 25 nitrogen and oxygen atoms in total. The first-order chi connectivity index (χ1) is 39.3. The number of hydrogen-bond donors (Lipinski definition) is 6. The van der Waals surface area contributed by atoms with E-state index < -0.39 is 151 Å². The Morgan fingerprint density at radius 3 is 1.25 bits per heavy atom. The molecule has 486 valence electrons. The van der Waals surface area contributed by atoms with E-state index in [1.807, 2.05) is 55.4 Å². The van der Waals surface area contributed by atoms with Gasteiger partial charge in [-0.3, -0.25) is 57.5 Å². The van der Waals surface area contributed by atoms with Crippen molar-refractivity contribution in [2.24, 2.45) is 41.2 Å². The molecule has 1 aliphatic heterocycles. The van der Waals surface area contributed by atoms with E-state index >= 15 is 14.4 Å². The van der Waals surface area contributed by atoms with Crippen molar-refractivity contribution in [2.45, 2.75) is 209 Å². The first-order valence-corrected chi connectivity index (χ1v) is 30.3. The van der Waals surface area contributed by atoms with Crippen LogP contribution in [-0.4, -0.2) is 233 Å². The second kappa shape index (κ2) is 35.9.